The molecule has 2 amide bonds. The first-order valence-electron chi connectivity index (χ1n) is 12.6. The Morgan fingerprint density at radius 3 is 2.30 bits per heavy atom. The van der Waals surface area contributed by atoms with E-state index in [1.807, 2.05) is 60.7 Å². The van der Waals surface area contributed by atoms with Crippen LogP contribution in [0.1, 0.15) is 49.3 Å². The molecule has 0 aliphatic heterocycles. The molecule has 0 bridgehead atoms. The Morgan fingerprint density at radius 1 is 0.946 bits per heavy atom. The van der Waals surface area contributed by atoms with E-state index in [0.29, 0.717) is 45.4 Å². The number of benzene rings is 2. The molecular formula is C27H38AsN3O6. The number of carbonyl (C=O) groups excluding carboxylic acids is 2. The van der Waals surface area contributed by atoms with Crippen molar-refractivity contribution < 1.29 is 29.0 Å². The molecule has 0 saturated carbocycles. The minimum absolute atomic E-state index is 0.133. The van der Waals surface area contributed by atoms with Gasteiger partial charge in [0.2, 0.25) is 0 Å². The fourth-order valence-corrected chi connectivity index (χ4v) is 5.39. The van der Waals surface area contributed by atoms with E-state index in [0.717, 1.165) is 29.2 Å². The van der Waals surface area contributed by atoms with E-state index in [-0.39, 0.29) is 17.5 Å². The monoisotopic (exact) mass is 575 g/mol. The molecule has 10 heteroatoms. The second kappa shape index (κ2) is 18.2. The van der Waals surface area contributed by atoms with Crippen LogP contribution in [-0.2, 0) is 16.1 Å². The minimum atomic E-state index is -0.993. The normalized spacial score (nSPS) is 11.7. The van der Waals surface area contributed by atoms with Crippen LogP contribution in [0.15, 0.2) is 60.7 Å². The topological polar surface area (TPSA) is 131 Å². The van der Waals surface area contributed by atoms with Crippen molar-refractivity contribution in [1.29, 1.82) is 0 Å². The summed E-state index contributed by atoms with van der Waals surface area (Å²) in [5, 5.41) is 12.8. The molecule has 202 valence electrons. The van der Waals surface area contributed by atoms with Crippen molar-refractivity contribution in [1.82, 2.24) is 10.2 Å². The van der Waals surface area contributed by atoms with Crippen molar-refractivity contribution in [3.05, 3.63) is 71.8 Å². The van der Waals surface area contributed by atoms with E-state index < -0.39 is 27.9 Å². The van der Waals surface area contributed by atoms with Crippen LogP contribution in [0.3, 0.4) is 0 Å². The summed E-state index contributed by atoms with van der Waals surface area (Å²) in [4.78, 5) is 37.1. The third-order valence-electron chi connectivity index (χ3n) is 5.57. The van der Waals surface area contributed by atoms with E-state index in [1.165, 1.54) is 4.90 Å². The van der Waals surface area contributed by atoms with Gasteiger partial charge in [-0.2, -0.15) is 0 Å². The fourth-order valence-electron chi connectivity index (χ4n) is 3.59. The second-order valence-electron chi connectivity index (χ2n) is 8.48. The third-order valence-corrected chi connectivity index (χ3v) is 7.69. The van der Waals surface area contributed by atoms with Crippen molar-refractivity contribution in [2.75, 3.05) is 26.2 Å². The predicted octanol–water partition coefficient (Wildman–Crippen LogP) is 4.53. The molecule has 9 nitrogen and oxygen atoms in total. The van der Waals surface area contributed by atoms with Crippen LogP contribution >= 0.6 is 0 Å². The molecule has 37 heavy (non-hydrogen) atoms. The van der Waals surface area contributed by atoms with E-state index in [1.54, 1.807) is 0 Å². The van der Waals surface area contributed by atoms with Crippen molar-refractivity contribution in [2.45, 2.75) is 50.0 Å². The zero-order chi connectivity index (χ0) is 26.7. The zero-order valence-corrected chi connectivity index (χ0v) is 23.2. The Labute approximate surface area is 225 Å². The standard InChI is InChI=1S/C27H38AsN3O6/c29-17-9-15-24(23-13-5-2-6-14-23)37-25(32)28-16-7-8-19-31(27(34)35)20-10-18-30-26(33)36-21-22-11-3-1-4-12-22/h1-6,11-14,24,28H,7-10,15-21,29H2,(H,30,33)(H,34,35). The number of hydrogen-bond donors (Lipinski definition) is 3. The summed E-state index contributed by atoms with van der Waals surface area (Å²) in [5.41, 5.74) is 7.50. The molecule has 4 N–H and O–H groups in total. The SMILES string of the molecule is NCCCC(OC(=O)[AsH]CCCCN(CCCNC(=O)OCc1ccccc1)C(=O)O)c1ccccc1. The van der Waals surface area contributed by atoms with Crippen molar-refractivity contribution in [2.24, 2.45) is 5.73 Å². The number of nitrogens with zero attached hydrogens (tertiary/aromatic N) is 1. The summed E-state index contributed by atoms with van der Waals surface area (Å²) in [5.74, 6) is 0. The molecule has 2 atom stereocenters. The molecule has 0 spiro atoms. The van der Waals surface area contributed by atoms with Gasteiger partial charge in [-0.25, -0.2) is 0 Å². The molecule has 2 unspecified atom stereocenters. The van der Waals surface area contributed by atoms with Crippen LogP contribution in [0.5, 0.6) is 0 Å². The van der Waals surface area contributed by atoms with Gasteiger partial charge in [-0.3, -0.25) is 0 Å². The number of nitrogens with two attached hydrogens (primary N) is 1. The average Bonchev–Trinajstić information content (AvgIpc) is 2.91. The van der Waals surface area contributed by atoms with E-state index in [4.69, 9.17) is 15.2 Å². The molecule has 0 heterocycles. The van der Waals surface area contributed by atoms with Gasteiger partial charge < -0.3 is 0 Å². The van der Waals surface area contributed by atoms with Crippen LogP contribution in [0.25, 0.3) is 0 Å². The van der Waals surface area contributed by atoms with Gasteiger partial charge in [0, 0.05) is 0 Å². The van der Waals surface area contributed by atoms with Gasteiger partial charge in [-0.05, 0) is 5.56 Å². The van der Waals surface area contributed by atoms with Gasteiger partial charge in [-0.15, -0.1) is 0 Å². The quantitative estimate of drug-likeness (QED) is 0.187. The summed E-state index contributed by atoms with van der Waals surface area (Å²) in [6, 6.07) is 19.1. The van der Waals surface area contributed by atoms with Crippen molar-refractivity contribution in [3.8, 4) is 0 Å². The molecule has 0 saturated heterocycles. The van der Waals surface area contributed by atoms with Gasteiger partial charge in [0.25, 0.3) is 0 Å². The summed E-state index contributed by atoms with van der Waals surface area (Å²) in [7, 11) is 0. The van der Waals surface area contributed by atoms with Gasteiger partial charge in [0.1, 0.15) is 0 Å². The third kappa shape index (κ3) is 13.2. The summed E-state index contributed by atoms with van der Waals surface area (Å²) in [6.07, 6.45) is 1.61. The maximum absolute atomic E-state index is 12.4. The molecule has 2 rings (SSSR count). The number of rotatable bonds is 17. The maximum atomic E-state index is 12.4. The van der Waals surface area contributed by atoms with Crippen molar-refractivity contribution in [3.63, 3.8) is 0 Å². The predicted molar refractivity (Wildman–Crippen MR) is 144 cm³/mol. The molecule has 2 aromatic carbocycles. The average molecular weight is 576 g/mol. The molecule has 0 aliphatic carbocycles. The van der Waals surface area contributed by atoms with Gasteiger partial charge >= 0.3 is 190 Å². The Balaban J connectivity index is 1.59. The fraction of sp³-hybridized carbons (Fsp3) is 0.444. The van der Waals surface area contributed by atoms with Gasteiger partial charge in [-0.1, -0.05) is 30.3 Å². The summed E-state index contributed by atoms with van der Waals surface area (Å²) < 4.78 is 10.8. The van der Waals surface area contributed by atoms with Crippen LogP contribution in [0.4, 0.5) is 14.4 Å². The Hall–Kier alpha value is -3.03. The number of ether oxygens (including phenoxy) is 2. The van der Waals surface area contributed by atoms with Crippen molar-refractivity contribution >= 4 is 32.7 Å². The van der Waals surface area contributed by atoms with E-state index in [2.05, 4.69) is 5.32 Å². The number of unbranched alkanes of at least 4 members (excludes halogenated alkanes) is 1. The van der Waals surface area contributed by atoms with Crippen LogP contribution in [0, 0.1) is 0 Å². The summed E-state index contributed by atoms with van der Waals surface area (Å²) in [6.45, 7) is 1.75. The molecule has 0 aromatic heterocycles. The number of amides is 2. The number of nitrogens with one attached hydrogen (secondary N) is 1. The molecule has 0 radical (unpaired) electrons. The number of hydrogen-bond acceptors (Lipinski definition) is 6. The first-order chi connectivity index (χ1) is 18.0. The van der Waals surface area contributed by atoms with Gasteiger partial charge in [0.15, 0.2) is 0 Å². The first kappa shape index (κ1) is 30.2. The Bertz CT molecular complexity index is 932. The van der Waals surface area contributed by atoms with E-state index >= 15 is 0 Å². The Kier molecular flexibility index (Phi) is 14.9. The summed E-state index contributed by atoms with van der Waals surface area (Å²) >= 11 is -0.937. The number of carbonyl (C=O) groups is 3. The Morgan fingerprint density at radius 2 is 1.62 bits per heavy atom. The first-order valence-corrected chi connectivity index (χ1v) is 15.1. The molecule has 0 aliphatic rings. The van der Waals surface area contributed by atoms with Crippen LogP contribution in [0.2, 0.25) is 5.21 Å². The molecule has 2 aromatic rings. The van der Waals surface area contributed by atoms with Crippen LogP contribution < -0.4 is 11.1 Å². The van der Waals surface area contributed by atoms with Crippen LogP contribution in [-0.4, -0.2) is 68.9 Å². The molecule has 0 fully saturated rings. The zero-order valence-electron chi connectivity index (χ0n) is 21.1. The van der Waals surface area contributed by atoms with E-state index in [9.17, 15) is 19.5 Å². The number of alkyl carbamates (subject to hydrolysis) is 1. The second-order valence-corrected chi connectivity index (χ2v) is 11.1. The number of carboxylic acid groups (broad SMARTS) is 1. The van der Waals surface area contributed by atoms with Gasteiger partial charge in [0.05, 0.1) is 0 Å². The molecular weight excluding hydrogens is 537 g/mol.